The van der Waals surface area contributed by atoms with Crippen molar-refractivity contribution in [3.8, 4) is 0 Å². The van der Waals surface area contributed by atoms with Crippen molar-refractivity contribution in [2.24, 2.45) is 0 Å². The fraction of sp³-hybridized carbons (Fsp3) is 0.958. The molecule has 160 valence electrons. The largest absolute Gasteiger partial charge is 0.370 e. The van der Waals surface area contributed by atoms with Gasteiger partial charge in [0.1, 0.15) is 0 Å². The number of unbranched alkanes of at least 4 members (excludes halogenated alkanes) is 14. The Bertz CT molecular complexity index is 326. The van der Waals surface area contributed by atoms with E-state index in [4.69, 9.17) is 4.84 Å². The summed E-state index contributed by atoms with van der Waals surface area (Å²) in [7, 11) is 0. The van der Waals surface area contributed by atoms with Crippen molar-refractivity contribution >= 4 is 5.97 Å². The Morgan fingerprint density at radius 2 is 1.15 bits per heavy atom. The van der Waals surface area contributed by atoms with Gasteiger partial charge in [-0.1, -0.05) is 116 Å². The van der Waals surface area contributed by atoms with Gasteiger partial charge >= 0.3 is 5.97 Å². The molecule has 1 saturated carbocycles. The van der Waals surface area contributed by atoms with Crippen LogP contribution in [0, 0.1) is 0 Å². The fourth-order valence-electron chi connectivity index (χ4n) is 4.06. The summed E-state index contributed by atoms with van der Waals surface area (Å²) < 4.78 is 0. The molecular weight excluding hydrogens is 334 g/mol. The van der Waals surface area contributed by atoms with Crippen LogP contribution in [0.15, 0.2) is 0 Å². The molecule has 3 heteroatoms. The zero-order chi connectivity index (χ0) is 19.4. The monoisotopic (exact) mass is 381 g/mol. The topological polar surface area (TPSA) is 38.3 Å². The summed E-state index contributed by atoms with van der Waals surface area (Å²) in [6, 6.07) is 0.392. The Hall–Kier alpha value is -0.570. The predicted octanol–water partition coefficient (Wildman–Crippen LogP) is 7.63. The molecular formula is C24H47NO2. The smallest absolute Gasteiger partial charge is 0.324 e. The van der Waals surface area contributed by atoms with Crippen LogP contribution in [0.5, 0.6) is 0 Å². The lowest BCUT2D eigenvalue weighted by Gasteiger charge is -2.21. The second-order valence-corrected chi connectivity index (χ2v) is 8.63. The molecule has 0 aromatic carbocycles. The minimum Gasteiger partial charge on any atom is -0.370 e. The third-order valence-corrected chi connectivity index (χ3v) is 5.93. The third kappa shape index (κ3) is 16.1. The molecule has 0 aromatic heterocycles. The first kappa shape index (κ1) is 24.5. The maximum atomic E-state index is 11.7. The van der Waals surface area contributed by atoms with Crippen LogP contribution in [0.4, 0.5) is 0 Å². The van der Waals surface area contributed by atoms with Gasteiger partial charge in [-0.3, -0.25) is 4.79 Å². The molecule has 0 amide bonds. The van der Waals surface area contributed by atoms with Gasteiger partial charge in [-0.25, -0.2) is 0 Å². The second-order valence-electron chi connectivity index (χ2n) is 8.63. The van der Waals surface area contributed by atoms with E-state index >= 15 is 0 Å². The van der Waals surface area contributed by atoms with E-state index in [1.807, 2.05) is 0 Å². The maximum absolute atomic E-state index is 11.7. The number of carbonyl (C=O) groups excluding carboxylic acids is 1. The van der Waals surface area contributed by atoms with Crippen LogP contribution < -0.4 is 5.48 Å². The highest BCUT2D eigenvalue weighted by molar-refractivity contribution is 5.68. The molecule has 0 aliphatic heterocycles. The van der Waals surface area contributed by atoms with Crippen molar-refractivity contribution < 1.29 is 9.63 Å². The number of hydroxylamine groups is 1. The highest BCUT2D eigenvalue weighted by Gasteiger charge is 2.14. The minimum atomic E-state index is -0.0738. The summed E-state index contributed by atoms with van der Waals surface area (Å²) >= 11 is 0. The molecule has 1 N–H and O–H groups in total. The van der Waals surface area contributed by atoms with E-state index in [0.29, 0.717) is 12.5 Å². The molecule has 1 aliphatic rings. The van der Waals surface area contributed by atoms with Crippen molar-refractivity contribution in [1.29, 1.82) is 0 Å². The van der Waals surface area contributed by atoms with E-state index < -0.39 is 0 Å². The van der Waals surface area contributed by atoms with E-state index in [2.05, 4.69) is 12.4 Å². The number of hydrogen-bond acceptors (Lipinski definition) is 3. The summed E-state index contributed by atoms with van der Waals surface area (Å²) in [5, 5.41) is 0. The van der Waals surface area contributed by atoms with Crippen LogP contribution in [0.3, 0.4) is 0 Å². The molecule has 27 heavy (non-hydrogen) atoms. The number of carbonyl (C=O) groups is 1. The van der Waals surface area contributed by atoms with Crippen LogP contribution in [0.25, 0.3) is 0 Å². The summed E-state index contributed by atoms with van der Waals surface area (Å²) in [6.07, 6.45) is 27.0. The Balaban J connectivity index is 1.73. The quantitative estimate of drug-likeness (QED) is 0.196. The molecule has 3 nitrogen and oxygen atoms in total. The molecule has 0 atom stereocenters. The lowest BCUT2D eigenvalue weighted by Crippen LogP contribution is -2.33. The Morgan fingerprint density at radius 3 is 1.63 bits per heavy atom. The second kappa shape index (κ2) is 18.8. The van der Waals surface area contributed by atoms with Gasteiger partial charge in [0, 0.05) is 12.5 Å². The van der Waals surface area contributed by atoms with Gasteiger partial charge in [-0.05, 0) is 19.3 Å². The molecule has 1 fully saturated rings. The summed E-state index contributed by atoms with van der Waals surface area (Å²) in [4.78, 5) is 16.9. The predicted molar refractivity (Wildman–Crippen MR) is 116 cm³/mol. The Kier molecular flexibility index (Phi) is 17.0. The van der Waals surface area contributed by atoms with Gasteiger partial charge in [0.25, 0.3) is 0 Å². The molecule has 0 bridgehead atoms. The highest BCUT2D eigenvalue weighted by atomic mass is 16.7. The fourth-order valence-corrected chi connectivity index (χ4v) is 4.06. The molecule has 0 aromatic rings. The van der Waals surface area contributed by atoms with Crippen LogP contribution in [0.2, 0.25) is 0 Å². The first-order valence-corrected chi connectivity index (χ1v) is 12.3. The molecule has 1 aliphatic carbocycles. The van der Waals surface area contributed by atoms with Gasteiger partial charge in [-0.15, -0.1) is 0 Å². The average Bonchev–Trinajstić information content (AvgIpc) is 2.70. The van der Waals surface area contributed by atoms with Crippen LogP contribution in [0.1, 0.15) is 142 Å². The van der Waals surface area contributed by atoms with Gasteiger partial charge in [0.15, 0.2) is 0 Å². The number of nitrogens with one attached hydrogen (secondary N) is 1. The number of hydrogen-bond donors (Lipinski definition) is 1. The van der Waals surface area contributed by atoms with E-state index in [-0.39, 0.29) is 5.97 Å². The van der Waals surface area contributed by atoms with E-state index in [1.54, 1.807) is 0 Å². The van der Waals surface area contributed by atoms with Gasteiger partial charge in [0.05, 0.1) is 0 Å². The lowest BCUT2D eigenvalue weighted by atomic mass is 9.96. The SMILES string of the molecule is CCCCCCCCCCCCCCCCCC(=O)ONC1CCCCC1. The van der Waals surface area contributed by atoms with Crippen molar-refractivity contribution in [2.75, 3.05) is 0 Å². The average molecular weight is 382 g/mol. The first-order chi connectivity index (χ1) is 13.3. The third-order valence-electron chi connectivity index (χ3n) is 5.93. The molecule has 0 spiro atoms. The number of rotatable bonds is 18. The van der Waals surface area contributed by atoms with E-state index in [9.17, 15) is 4.79 Å². The van der Waals surface area contributed by atoms with Crippen molar-refractivity contribution in [3.05, 3.63) is 0 Å². The molecule has 0 unspecified atom stereocenters. The van der Waals surface area contributed by atoms with Crippen LogP contribution in [-0.2, 0) is 9.63 Å². The molecule has 0 saturated heterocycles. The van der Waals surface area contributed by atoms with Crippen molar-refractivity contribution in [2.45, 2.75) is 148 Å². The normalized spacial score (nSPS) is 15.1. The van der Waals surface area contributed by atoms with Crippen LogP contribution in [-0.4, -0.2) is 12.0 Å². The van der Waals surface area contributed by atoms with E-state index in [0.717, 1.165) is 25.7 Å². The van der Waals surface area contributed by atoms with Crippen LogP contribution >= 0.6 is 0 Å². The summed E-state index contributed by atoms with van der Waals surface area (Å²) in [5.41, 5.74) is 2.97. The van der Waals surface area contributed by atoms with Gasteiger partial charge < -0.3 is 4.84 Å². The van der Waals surface area contributed by atoms with Crippen molar-refractivity contribution in [1.82, 2.24) is 5.48 Å². The first-order valence-electron chi connectivity index (χ1n) is 12.3. The summed E-state index contributed by atoms with van der Waals surface area (Å²) in [6.45, 7) is 2.28. The minimum absolute atomic E-state index is 0.0738. The molecule has 0 heterocycles. The summed E-state index contributed by atoms with van der Waals surface area (Å²) in [5.74, 6) is -0.0738. The molecule has 0 radical (unpaired) electrons. The van der Waals surface area contributed by atoms with E-state index in [1.165, 1.54) is 103 Å². The Morgan fingerprint density at radius 1 is 0.704 bits per heavy atom. The van der Waals surface area contributed by atoms with Gasteiger partial charge in [0.2, 0.25) is 0 Å². The maximum Gasteiger partial charge on any atom is 0.324 e. The molecule has 1 rings (SSSR count). The standard InChI is InChI=1S/C24H47NO2/c1-2-3-4-5-6-7-8-9-10-11-12-13-14-15-19-22-24(26)27-25-23-20-17-16-18-21-23/h23,25H,2-22H2,1H3. The lowest BCUT2D eigenvalue weighted by molar-refractivity contribution is -0.153. The zero-order valence-corrected chi connectivity index (χ0v) is 18.2. The van der Waals surface area contributed by atoms with Crippen molar-refractivity contribution in [3.63, 3.8) is 0 Å². The Labute approximate surface area is 169 Å². The highest BCUT2D eigenvalue weighted by Crippen LogP contribution is 2.17. The van der Waals surface area contributed by atoms with Gasteiger partial charge in [-0.2, -0.15) is 5.48 Å². The zero-order valence-electron chi connectivity index (χ0n) is 18.2.